The number of hydrogen-bond acceptors (Lipinski definition) is 3. The molecule has 6 nitrogen and oxygen atoms in total. The van der Waals surface area contributed by atoms with Crippen molar-refractivity contribution in [3.8, 4) is 0 Å². The van der Waals surface area contributed by atoms with Crippen LogP contribution in [0, 0.1) is 10.1 Å². The first-order valence-corrected chi connectivity index (χ1v) is 5.86. The van der Waals surface area contributed by atoms with E-state index in [1.54, 1.807) is 36.4 Å². The van der Waals surface area contributed by atoms with E-state index in [0.29, 0.717) is 5.56 Å². The maximum Gasteiger partial charge on any atom is 0.405 e. The second-order valence-electron chi connectivity index (χ2n) is 4.14. The number of carbonyl (C=O) groups is 1. The van der Waals surface area contributed by atoms with Gasteiger partial charge in [-0.1, -0.05) is 30.3 Å². The Bertz CT molecular complexity index is 611. The van der Waals surface area contributed by atoms with Gasteiger partial charge in [-0.15, -0.1) is 0 Å². The third-order valence-corrected chi connectivity index (χ3v) is 2.84. The summed E-state index contributed by atoms with van der Waals surface area (Å²) < 4.78 is 0. The molecule has 1 atom stereocenters. The van der Waals surface area contributed by atoms with E-state index in [1.807, 2.05) is 6.07 Å². The van der Waals surface area contributed by atoms with Crippen molar-refractivity contribution < 1.29 is 14.8 Å². The Balaban J connectivity index is 2.36. The van der Waals surface area contributed by atoms with Gasteiger partial charge < -0.3 is 10.4 Å². The molecule has 0 fully saturated rings. The molecule has 0 bridgehead atoms. The SMILES string of the molecule is O=C(O)NC(c1ccccc1)c1ccc([N+](=O)[O-])cc1. The lowest BCUT2D eigenvalue weighted by molar-refractivity contribution is -0.384. The van der Waals surface area contributed by atoms with Crippen LogP contribution >= 0.6 is 0 Å². The van der Waals surface area contributed by atoms with Gasteiger partial charge in [0.15, 0.2) is 0 Å². The molecule has 0 aliphatic heterocycles. The van der Waals surface area contributed by atoms with Crippen molar-refractivity contribution in [2.75, 3.05) is 0 Å². The van der Waals surface area contributed by atoms with Crippen molar-refractivity contribution in [3.63, 3.8) is 0 Å². The van der Waals surface area contributed by atoms with E-state index in [4.69, 9.17) is 5.11 Å². The highest BCUT2D eigenvalue weighted by Crippen LogP contribution is 2.24. The first-order valence-electron chi connectivity index (χ1n) is 5.86. The van der Waals surface area contributed by atoms with Crippen molar-refractivity contribution in [2.24, 2.45) is 0 Å². The smallest absolute Gasteiger partial charge is 0.405 e. The Hall–Kier alpha value is -2.89. The van der Waals surface area contributed by atoms with Crippen molar-refractivity contribution in [3.05, 3.63) is 75.8 Å². The van der Waals surface area contributed by atoms with Crippen LogP contribution < -0.4 is 5.32 Å². The summed E-state index contributed by atoms with van der Waals surface area (Å²) in [6, 6.07) is 14.3. The molecule has 6 heteroatoms. The van der Waals surface area contributed by atoms with E-state index in [2.05, 4.69) is 5.32 Å². The Labute approximate surface area is 114 Å². The highest BCUT2D eigenvalue weighted by atomic mass is 16.6. The molecule has 0 heterocycles. The lowest BCUT2D eigenvalue weighted by Gasteiger charge is -2.17. The highest BCUT2D eigenvalue weighted by molar-refractivity contribution is 5.66. The zero-order valence-corrected chi connectivity index (χ0v) is 10.4. The average molecular weight is 272 g/mol. The Kier molecular flexibility index (Phi) is 3.95. The number of carboxylic acid groups (broad SMARTS) is 1. The molecule has 2 aromatic carbocycles. The average Bonchev–Trinajstić information content (AvgIpc) is 2.45. The van der Waals surface area contributed by atoms with Crippen molar-refractivity contribution >= 4 is 11.8 Å². The number of nitro benzene ring substituents is 1. The number of amides is 1. The van der Waals surface area contributed by atoms with Crippen molar-refractivity contribution in [1.82, 2.24) is 5.32 Å². The summed E-state index contributed by atoms with van der Waals surface area (Å²) in [6.07, 6.45) is -1.16. The fraction of sp³-hybridized carbons (Fsp3) is 0.0714. The standard InChI is InChI=1S/C14H12N2O4/c17-14(18)15-13(10-4-2-1-3-5-10)11-6-8-12(9-7-11)16(19)20/h1-9,13,15H,(H,17,18). The molecule has 1 unspecified atom stereocenters. The summed E-state index contributed by atoms with van der Waals surface area (Å²) in [5.74, 6) is 0. The summed E-state index contributed by atoms with van der Waals surface area (Å²) in [5, 5.41) is 22.0. The molecule has 102 valence electrons. The van der Waals surface area contributed by atoms with Gasteiger partial charge in [-0.3, -0.25) is 10.1 Å². The summed E-state index contributed by atoms with van der Waals surface area (Å²) >= 11 is 0. The minimum Gasteiger partial charge on any atom is -0.465 e. The highest BCUT2D eigenvalue weighted by Gasteiger charge is 2.17. The van der Waals surface area contributed by atoms with Crippen LogP contribution in [0.1, 0.15) is 17.2 Å². The Morgan fingerprint density at radius 1 is 1.05 bits per heavy atom. The van der Waals surface area contributed by atoms with Crippen LogP contribution in [0.4, 0.5) is 10.5 Å². The Morgan fingerprint density at radius 3 is 2.10 bits per heavy atom. The third kappa shape index (κ3) is 3.11. The maximum absolute atomic E-state index is 10.9. The van der Waals surface area contributed by atoms with Gasteiger partial charge >= 0.3 is 6.09 Å². The molecule has 0 aliphatic carbocycles. The maximum atomic E-state index is 10.9. The quantitative estimate of drug-likeness (QED) is 0.661. The summed E-state index contributed by atoms with van der Waals surface area (Å²) in [5.41, 5.74) is 1.38. The molecular formula is C14H12N2O4. The minimum atomic E-state index is -1.16. The number of nitrogens with one attached hydrogen (secondary N) is 1. The van der Waals surface area contributed by atoms with Gasteiger partial charge in [-0.25, -0.2) is 4.79 Å². The van der Waals surface area contributed by atoms with Gasteiger partial charge in [0.05, 0.1) is 11.0 Å². The molecule has 0 radical (unpaired) electrons. The molecular weight excluding hydrogens is 260 g/mol. The van der Waals surface area contributed by atoms with Gasteiger partial charge in [-0.2, -0.15) is 0 Å². The zero-order valence-electron chi connectivity index (χ0n) is 10.4. The zero-order chi connectivity index (χ0) is 14.5. The topological polar surface area (TPSA) is 92.5 Å². The lowest BCUT2D eigenvalue weighted by atomic mass is 9.99. The number of hydrogen-bond donors (Lipinski definition) is 2. The summed E-state index contributed by atoms with van der Waals surface area (Å²) in [6.45, 7) is 0. The predicted octanol–water partition coefficient (Wildman–Crippen LogP) is 2.95. The van der Waals surface area contributed by atoms with Crippen LogP contribution in [-0.2, 0) is 0 Å². The summed E-state index contributed by atoms with van der Waals surface area (Å²) in [7, 11) is 0. The molecule has 0 aromatic heterocycles. The van der Waals surface area contributed by atoms with Gasteiger partial charge in [0.25, 0.3) is 5.69 Å². The van der Waals surface area contributed by atoms with Gasteiger partial charge in [0.1, 0.15) is 0 Å². The van der Waals surface area contributed by atoms with Crippen LogP contribution in [0.2, 0.25) is 0 Å². The number of benzene rings is 2. The van der Waals surface area contributed by atoms with E-state index in [0.717, 1.165) is 5.56 Å². The van der Waals surface area contributed by atoms with Gasteiger partial charge in [0.2, 0.25) is 0 Å². The molecule has 2 N–H and O–H groups in total. The van der Waals surface area contributed by atoms with Crippen LogP contribution in [-0.4, -0.2) is 16.1 Å². The number of rotatable bonds is 4. The first kappa shape index (κ1) is 13.5. The molecule has 0 aliphatic rings. The largest absolute Gasteiger partial charge is 0.465 e. The van der Waals surface area contributed by atoms with Crippen LogP contribution in [0.3, 0.4) is 0 Å². The number of non-ortho nitro benzene ring substituents is 1. The van der Waals surface area contributed by atoms with Crippen LogP contribution in [0.5, 0.6) is 0 Å². The van der Waals surface area contributed by atoms with E-state index in [9.17, 15) is 14.9 Å². The second kappa shape index (κ2) is 5.83. The molecule has 2 aromatic rings. The second-order valence-corrected chi connectivity index (χ2v) is 4.14. The summed E-state index contributed by atoms with van der Waals surface area (Å²) in [4.78, 5) is 21.0. The van der Waals surface area contributed by atoms with E-state index >= 15 is 0 Å². The lowest BCUT2D eigenvalue weighted by Crippen LogP contribution is -2.27. The van der Waals surface area contributed by atoms with E-state index in [-0.39, 0.29) is 5.69 Å². The van der Waals surface area contributed by atoms with Crippen molar-refractivity contribution in [1.29, 1.82) is 0 Å². The fourth-order valence-electron chi connectivity index (χ4n) is 1.92. The fourth-order valence-corrected chi connectivity index (χ4v) is 1.92. The molecule has 0 spiro atoms. The van der Waals surface area contributed by atoms with Crippen LogP contribution in [0.25, 0.3) is 0 Å². The normalized spacial score (nSPS) is 11.6. The van der Waals surface area contributed by atoms with E-state index < -0.39 is 17.1 Å². The molecule has 0 saturated carbocycles. The van der Waals surface area contributed by atoms with Crippen molar-refractivity contribution in [2.45, 2.75) is 6.04 Å². The third-order valence-electron chi connectivity index (χ3n) is 2.84. The number of nitrogens with zero attached hydrogens (tertiary/aromatic N) is 1. The molecule has 0 saturated heterocycles. The minimum absolute atomic E-state index is 0.0316. The number of nitro groups is 1. The Morgan fingerprint density at radius 2 is 1.60 bits per heavy atom. The molecule has 1 amide bonds. The first-order chi connectivity index (χ1) is 9.58. The molecule has 2 rings (SSSR count). The molecule has 20 heavy (non-hydrogen) atoms. The van der Waals surface area contributed by atoms with Gasteiger partial charge in [0, 0.05) is 12.1 Å². The van der Waals surface area contributed by atoms with E-state index in [1.165, 1.54) is 12.1 Å². The van der Waals surface area contributed by atoms with Crippen LogP contribution in [0.15, 0.2) is 54.6 Å². The van der Waals surface area contributed by atoms with Gasteiger partial charge in [-0.05, 0) is 23.3 Å². The monoisotopic (exact) mass is 272 g/mol. The predicted molar refractivity (Wildman–Crippen MR) is 72.5 cm³/mol.